The number of para-hydroxylation sites is 2. The fourth-order valence-corrected chi connectivity index (χ4v) is 9.12. The van der Waals surface area contributed by atoms with Crippen molar-refractivity contribution in [3.05, 3.63) is 89.1 Å². The number of aryl methyl sites for hydroxylation is 1. The normalized spacial score (nSPS) is 16.5. The van der Waals surface area contributed by atoms with E-state index < -0.39 is 59.0 Å². The molecule has 0 radical (unpaired) electrons. The Morgan fingerprint density at radius 2 is 1.51 bits per heavy atom. The number of unbranched alkanes of at least 4 members (excludes halogenated alkanes) is 8. The maximum absolute atomic E-state index is 14.6. The third kappa shape index (κ3) is 15.1. The third-order valence-electron chi connectivity index (χ3n) is 12.5. The summed E-state index contributed by atoms with van der Waals surface area (Å²) in [4.78, 5) is 83.4. The maximum atomic E-state index is 14.6. The number of alkyl halides is 1. The van der Waals surface area contributed by atoms with Crippen LogP contribution in [-0.2, 0) is 25.7 Å². The molecule has 1 aromatic heterocycles. The zero-order valence-corrected chi connectivity index (χ0v) is 41.2. The number of hydrogen-bond acceptors (Lipinski definition) is 10. The predicted octanol–water partition coefficient (Wildman–Crippen LogP) is 8.99. The van der Waals surface area contributed by atoms with Gasteiger partial charge in [-0.05, 0) is 86.1 Å². The van der Waals surface area contributed by atoms with Gasteiger partial charge >= 0.3 is 6.09 Å². The second-order valence-electron chi connectivity index (χ2n) is 19.3. The zero-order valence-electron chi connectivity index (χ0n) is 40.4. The molecule has 0 bridgehead atoms. The molecule has 376 valence electrons. The molecule has 2 fully saturated rings. The fourth-order valence-electron chi connectivity index (χ4n) is 8.32. The number of rotatable bonds is 24. The van der Waals surface area contributed by atoms with Gasteiger partial charge in [0.15, 0.2) is 5.67 Å². The van der Waals surface area contributed by atoms with Crippen LogP contribution in [0.25, 0.3) is 10.4 Å². The number of ether oxygens (including phenoxy) is 1. The minimum Gasteiger partial charge on any atom is -0.493 e. The van der Waals surface area contributed by atoms with Crippen LogP contribution >= 0.6 is 11.3 Å². The maximum Gasteiger partial charge on any atom is 0.409 e. The van der Waals surface area contributed by atoms with E-state index in [1.54, 1.807) is 74.8 Å². The summed E-state index contributed by atoms with van der Waals surface area (Å²) in [6, 6.07) is 16.8. The molecule has 16 nitrogen and oxygen atoms in total. The average Bonchev–Trinajstić information content (AvgIpc) is 3.73. The number of carbonyl (C=O) groups is 6. The van der Waals surface area contributed by atoms with Crippen LogP contribution < -0.4 is 31.3 Å². The van der Waals surface area contributed by atoms with Gasteiger partial charge in [-0.2, -0.15) is 0 Å². The lowest BCUT2D eigenvalue weighted by molar-refractivity contribution is -0.145. The Labute approximate surface area is 412 Å². The van der Waals surface area contributed by atoms with Gasteiger partial charge in [0.05, 0.1) is 40.2 Å². The van der Waals surface area contributed by atoms with Crippen LogP contribution in [0.15, 0.2) is 72.2 Å². The summed E-state index contributed by atoms with van der Waals surface area (Å²) in [6.07, 6.45) is 7.36. The summed E-state index contributed by atoms with van der Waals surface area (Å²) in [5, 5.41) is 33.1. The predicted molar refractivity (Wildman–Crippen MR) is 267 cm³/mol. The van der Waals surface area contributed by atoms with E-state index in [1.165, 1.54) is 16.2 Å². The number of anilines is 3. The summed E-state index contributed by atoms with van der Waals surface area (Å²) >= 11 is 1.53. The highest BCUT2D eigenvalue weighted by molar-refractivity contribution is 7.13. The van der Waals surface area contributed by atoms with Gasteiger partial charge in [-0.15, -0.1) is 11.3 Å². The number of carbonyl (C=O) groups excluding carboxylic acids is 5. The van der Waals surface area contributed by atoms with Crippen LogP contribution in [0.5, 0.6) is 5.75 Å². The second kappa shape index (κ2) is 24.4. The molecule has 2 heterocycles. The van der Waals surface area contributed by atoms with Gasteiger partial charge in [0.2, 0.25) is 17.7 Å². The summed E-state index contributed by atoms with van der Waals surface area (Å²) in [6.45, 7) is 7.75. The molecule has 1 saturated carbocycles. The number of thiazole rings is 1. The topological polar surface area (TPSA) is 228 Å². The van der Waals surface area contributed by atoms with E-state index in [-0.39, 0.29) is 43.9 Å². The number of carboxylic acid groups (broad SMARTS) is 1. The number of aliphatic hydroxyl groups excluding tert-OH is 1. The van der Waals surface area contributed by atoms with Crippen molar-refractivity contribution < 1.29 is 48.1 Å². The van der Waals surface area contributed by atoms with Crippen LogP contribution in [0.4, 0.5) is 26.2 Å². The molecule has 70 heavy (non-hydrogen) atoms. The quantitative estimate of drug-likeness (QED) is 0.0330. The molecule has 0 spiro atoms. The number of nitrogens with one attached hydrogen (secondary N) is 5. The minimum absolute atomic E-state index is 0.0296. The van der Waals surface area contributed by atoms with Crippen molar-refractivity contribution in [2.24, 2.45) is 5.41 Å². The second-order valence-corrected chi connectivity index (χ2v) is 20.1. The van der Waals surface area contributed by atoms with Crippen molar-refractivity contribution in [2.45, 2.75) is 142 Å². The number of aromatic nitrogens is 1. The number of halogens is 1. The molecule has 3 atom stereocenters. The average molecular weight is 984 g/mol. The van der Waals surface area contributed by atoms with Crippen LogP contribution in [-0.4, -0.2) is 92.7 Å². The Hall–Kier alpha value is -6.40. The van der Waals surface area contributed by atoms with Crippen LogP contribution in [0.3, 0.4) is 0 Å². The molecule has 1 aliphatic carbocycles. The summed E-state index contributed by atoms with van der Waals surface area (Å²) < 4.78 is 21.0. The molecule has 2 aliphatic rings. The van der Waals surface area contributed by atoms with Gasteiger partial charge in [0.1, 0.15) is 17.8 Å². The number of nitrogens with zero attached hydrogens (tertiary/aromatic N) is 2. The van der Waals surface area contributed by atoms with Crippen molar-refractivity contribution in [3.8, 4) is 16.2 Å². The van der Waals surface area contributed by atoms with Gasteiger partial charge in [-0.3, -0.25) is 29.3 Å². The Kier molecular flexibility index (Phi) is 18.5. The first kappa shape index (κ1) is 53.0. The van der Waals surface area contributed by atoms with E-state index in [0.717, 1.165) is 79.5 Å². The largest absolute Gasteiger partial charge is 0.493 e. The highest BCUT2D eigenvalue weighted by atomic mass is 32.1. The summed E-state index contributed by atoms with van der Waals surface area (Å²) in [7, 11) is 0. The van der Waals surface area contributed by atoms with Crippen molar-refractivity contribution in [3.63, 3.8) is 0 Å². The first-order valence-electron chi connectivity index (χ1n) is 24.1. The van der Waals surface area contributed by atoms with E-state index in [1.807, 2.05) is 25.1 Å². The van der Waals surface area contributed by atoms with Crippen molar-refractivity contribution in [1.82, 2.24) is 20.5 Å². The van der Waals surface area contributed by atoms with E-state index in [4.69, 9.17) is 9.84 Å². The van der Waals surface area contributed by atoms with Gasteiger partial charge in [0, 0.05) is 42.7 Å². The Bertz CT molecular complexity index is 2470. The van der Waals surface area contributed by atoms with Crippen molar-refractivity contribution in [1.29, 1.82) is 0 Å². The molecule has 18 heteroatoms. The number of β-amino-alcohol motifs (C(OH)–C–C–N with tert-alkyl or cyclic N) is 1. The molecular weight excluding hydrogens is 918 g/mol. The SMILES string of the molecule is Cc1ncsc1-c1ccc(CNC(=O)[C@@H]2C[C@@H](O)CN2C(=O)C(NC(=O)C2(F)CC2)C(C)(C)C)c(OCCCCCCCCCCCC(=O)Nc2ccc(C(=O)Nc3ccccc3NC(=O)O)cc2)c1. The lowest BCUT2D eigenvalue weighted by Crippen LogP contribution is -2.59. The van der Waals surface area contributed by atoms with Crippen LogP contribution in [0.1, 0.15) is 126 Å². The van der Waals surface area contributed by atoms with E-state index in [0.29, 0.717) is 35.7 Å². The van der Waals surface area contributed by atoms with Gasteiger partial charge < -0.3 is 41.1 Å². The minimum atomic E-state index is -1.97. The number of likely N-dealkylation sites (tertiary alicyclic amines) is 1. The molecule has 6 rings (SSSR count). The standard InChI is InChI=1S/C52H66FN7O9S/c1-33-44(70-32-55-33)35-19-20-36(30-54-47(64)41-29-38(61)31-60(41)48(65)45(51(2,3)4)59-49(66)52(53)25-26-52)42(28-35)69-27-15-11-9-7-5-6-8-10-12-18-43(62)56-37-23-21-34(22-24-37)46(63)57-39-16-13-14-17-40(39)58-50(67)68/h13-14,16-17,19-24,28,32,38,41,45,58,61H,5-12,15,18,25-27,29-31H2,1-4H3,(H,54,64)(H,56,62)(H,57,63)(H,59,66)(H,67,68)/t38-,41+,45?/m1/s1. The first-order valence-corrected chi connectivity index (χ1v) is 25.0. The molecule has 1 saturated heterocycles. The number of hydrogen-bond donors (Lipinski definition) is 7. The highest BCUT2D eigenvalue weighted by Crippen LogP contribution is 2.40. The Morgan fingerprint density at radius 1 is 0.871 bits per heavy atom. The van der Waals surface area contributed by atoms with E-state index >= 15 is 0 Å². The van der Waals surface area contributed by atoms with Gasteiger partial charge in [-0.25, -0.2) is 14.2 Å². The van der Waals surface area contributed by atoms with Crippen LogP contribution in [0.2, 0.25) is 0 Å². The zero-order chi connectivity index (χ0) is 50.4. The molecule has 6 amide bonds. The number of amides is 6. The van der Waals surface area contributed by atoms with E-state index in [2.05, 4.69) is 31.6 Å². The van der Waals surface area contributed by atoms with Crippen molar-refractivity contribution >= 4 is 64.0 Å². The number of aliphatic hydroxyl groups is 1. The smallest absolute Gasteiger partial charge is 0.409 e. The molecule has 1 aliphatic heterocycles. The number of benzene rings is 3. The summed E-state index contributed by atoms with van der Waals surface area (Å²) in [5.41, 5.74) is 3.16. The monoisotopic (exact) mass is 983 g/mol. The molecular formula is C52H66FN7O9S. The highest BCUT2D eigenvalue weighted by Gasteiger charge is 2.53. The summed E-state index contributed by atoms with van der Waals surface area (Å²) in [5.74, 6) is -1.70. The fraction of sp³-hybridized carbons (Fsp3) is 0.481. The first-order chi connectivity index (χ1) is 33.4. The van der Waals surface area contributed by atoms with Gasteiger partial charge in [-0.1, -0.05) is 90.0 Å². The lowest BCUT2D eigenvalue weighted by atomic mass is 9.85. The Morgan fingerprint density at radius 3 is 2.13 bits per heavy atom. The van der Waals surface area contributed by atoms with Crippen LogP contribution in [0, 0.1) is 12.3 Å². The molecule has 4 aromatic rings. The van der Waals surface area contributed by atoms with Gasteiger partial charge in [0.25, 0.3) is 11.8 Å². The molecule has 3 aromatic carbocycles. The van der Waals surface area contributed by atoms with E-state index in [9.17, 15) is 38.3 Å². The van der Waals surface area contributed by atoms with Crippen molar-refractivity contribution in [2.75, 3.05) is 29.1 Å². The molecule has 7 N–H and O–H groups in total. The Balaban J connectivity index is 0.887. The third-order valence-corrected chi connectivity index (χ3v) is 13.5. The lowest BCUT2D eigenvalue weighted by Gasteiger charge is -2.35. The molecule has 1 unspecified atom stereocenters.